The van der Waals surface area contributed by atoms with Gasteiger partial charge in [-0.05, 0) is 23.9 Å². The van der Waals surface area contributed by atoms with Crippen molar-refractivity contribution in [1.29, 1.82) is 0 Å². The first-order chi connectivity index (χ1) is 12.9. The van der Waals surface area contributed by atoms with Crippen molar-refractivity contribution in [3.63, 3.8) is 0 Å². The van der Waals surface area contributed by atoms with Crippen molar-refractivity contribution in [2.45, 2.75) is 19.4 Å². The first-order valence-corrected chi connectivity index (χ1v) is 9.96. The summed E-state index contributed by atoms with van der Waals surface area (Å²) in [4.78, 5) is 29.3. The van der Waals surface area contributed by atoms with Gasteiger partial charge in [0.05, 0.1) is 37.1 Å². The van der Waals surface area contributed by atoms with Crippen molar-refractivity contribution in [2.75, 3.05) is 27.2 Å². The number of hydrogen-bond acceptors (Lipinski definition) is 4. The SMILES string of the molecule is Cc1ccc(C2C(C(=O)c3cccs3)=C(O)C(=O)N2CCC[NH+](C)C)cc1. The smallest absolute Gasteiger partial charge is 0.290 e. The Morgan fingerprint density at radius 3 is 2.52 bits per heavy atom. The van der Waals surface area contributed by atoms with Crippen molar-refractivity contribution in [2.24, 2.45) is 0 Å². The second kappa shape index (κ2) is 8.06. The number of quaternary nitrogens is 1. The fourth-order valence-electron chi connectivity index (χ4n) is 3.35. The van der Waals surface area contributed by atoms with E-state index in [0.29, 0.717) is 11.4 Å². The number of thiophene rings is 1. The van der Waals surface area contributed by atoms with E-state index in [1.54, 1.807) is 17.0 Å². The summed E-state index contributed by atoms with van der Waals surface area (Å²) in [5.74, 6) is -1.16. The lowest BCUT2D eigenvalue weighted by Gasteiger charge is -2.27. The van der Waals surface area contributed by atoms with Gasteiger partial charge in [-0.25, -0.2) is 0 Å². The molecule has 142 valence electrons. The zero-order valence-corrected chi connectivity index (χ0v) is 16.7. The van der Waals surface area contributed by atoms with E-state index in [9.17, 15) is 14.7 Å². The molecule has 1 amide bonds. The van der Waals surface area contributed by atoms with E-state index < -0.39 is 17.7 Å². The third kappa shape index (κ3) is 3.96. The Hall–Kier alpha value is -2.44. The Morgan fingerprint density at radius 1 is 1.22 bits per heavy atom. The van der Waals surface area contributed by atoms with Gasteiger partial charge in [-0.3, -0.25) is 9.59 Å². The predicted molar refractivity (Wildman–Crippen MR) is 106 cm³/mol. The lowest BCUT2D eigenvalue weighted by Crippen LogP contribution is -3.05. The van der Waals surface area contributed by atoms with E-state index in [1.807, 2.05) is 36.6 Å². The van der Waals surface area contributed by atoms with E-state index in [4.69, 9.17) is 0 Å². The molecule has 5 nitrogen and oxygen atoms in total. The number of rotatable bonds is 7. The van der Waals surface area contributed by atoms with E-state index >= 15 is 0 Å². The topological polar surface area (TPSA) is 62.0 Å². The molecule has 0 saturated carbocycles. The van der Waals surface area contributed by atoms with Gasteiger partial charge in [0.2, 0.25) is 5.78 Å². The second-order valence-electron chi connectivity index (χ2n) is 7.19. The van der Waals surface area contributed by atoms with Crippen LogP contribution in [0.1, 0.15) is 33.3 Å². The fourth-order valence-corrected chi connectivity index (χ4v) is 4.03. The molecule has 0 saturated heterocycles. The molecule has 1 aliphatic rings. The van der Waals surface area contributed by atoms with Crippen LogP contribution < -0.4 is 4.90 Å². The standard InChI is InChI=1S/C21H24N2O3S/c1-14-7-9-15(10-8-14)18-17(19(24)16-6-4-13-27-16)20(25)21(26)23(18)12-5-11-22(2)3/h4,6-10,13,18,25H,5,11-12H2,1-3H3/p+1. The molecule has 6 heteroatoms. The fraction of sp³-hybridized carbons (Fsp3) is 0.333. The van der Waals surface area contributed by atoms with Gasteiger partial charge in [0, 0.05) is 13.0 Å². The summed E-state index contributed by atoms with van der Waals surface area (Å²) in [5.41, 5.74) is 2.13. The number of carbonyl (C=O) groups excluding carboxylic acids is 2. The zero-order valence-electron chi connectivity index (χ0n) is 15.9. The number of amides is 1. The molecule has 0 spiro atoms. The molecular formula is C21H25N2O3S+. The maximum absolute atomic E-state index is 13.1. The average molecular weight is 386 g/mol. The normalized spacial score (nSPS) is 17.3. The van der Waals surface area contributed by atoms with Crippen LogP contribution in [0.25, 0.3) is 0 Å². The summed E-state index contributed by atoms with van der Waals surface area (Å²) >= 11 is 1.32. The first-order valence-electron chi connectivity index (χ1n) is 9.08. The highest BCUT2D eigenvalue weighted by Gasteiger charge is 2.43. The summed E-state index contributed by atoms with van der Waals surface area (Å²) in [5, 5.41) is 12.4. The van der Waals surface area contributed by atoms with Crippen LogP contribution >= 0.6 is 11.3 Å². The number of benzene rings is 1. The summed E-state index contributed by atoms with van der Waals surface area (Å²) < 4.78 is 0. The summed E-state index contributed by atoms with van der Waals surface area (Å²) in [7, 11) is 4.12. The summed E-state index contributed by atoms with van der Waals surface area (Å²) in [6, 6.07) is 10.8. The van der Waals surface area contributed by atoms with E-state index in [0.717, 1.165) is 24.1 Å². The Balaban J connectivity index is 1.99. The van der Waals surface area contributed by atoms with Crippen molar-refractivity contribution in [3.05, 3.63) is 69.1 Å². The number of hydrogen-bond donors (Lipinski definition) is 2. The van der Waals surface area contributed by atoms with Crippen molar-refractivity contribution in [1.82, 2.24) is 4.90 Å². The van der Waals surface area contributed by atoms with Crippen LogP contribution in [0.2, 0.25) is 0 Å². The second-order valence-corrected chi connectivity index (χ2v) is 8.14. The van der Waals surface area contributed by atoms with Crippen LogP contribution in [0.5, 0.6) is 0 Å². The minimum atomic E-state index is -0.551. The maximum Gasteiger partial charge on any atom is 0.290 e. The highest BCUT2D eigenvalue weighted by molar-refractivity contribution is 7.12. The van der Waals surface area contributed by atoms with Gasteiger partial charge in [0.25, 0.3) is 5.91 Å². The lowest BCUT2D eigenvalue weighted by molar-refractivity contribution is -0.858. The van der Waals surface area contributed by atoms with Crippen molar-refractivity contribution < 1.29 is 19.6 Å². The Kier molecular flexibility index (Phi) is 5.77. The highest BCUT2D eigenvalue weighted by Crippen LogP contribution is 2.39. The third-order valence-electron chi connectivity index (χ3n) is 4.76. The molecule has 1 aromatic heterocycles. The van der Waals surface area contributed by atoms with Gasteiger partial charge in [-0.15, -0.1) is 11.3 Å². The molecule has 1 aromatic carbocycles. The minimum absolute atomic E-state index is 0.184. The van der Waals surface area contributed by atoms with Crippen LogP contribution in [-0.4, -0.2) is 48.9 Å². The summed E-state index contributed by atoms with van der Waals surface area (Å²) in [6.45, 7) is 3.39. The monoisotopic (exact) mass is 385 g/mol. The summed E-state index contributed by atoms with van der Waals surface area (Å²) in [6.07, 6.45) is 0.796. The molecule has 1 unspecified atom stereocenters. The number of Topliss-reactive ketones (excluding diaryl/α,β-unsaturated/α-hetero) is 1. The Bertz CT molecular complexity index is 854. The number of aliphatic hydroxyl groups is 1. The molecule has 2 N–H and O–H groups in total. The molecule has 2 heterocycles. The molecule has 3 rings (SSSR count). The molecule has 0 radical (unpaired) electrons. The molecule has 0 aliphatic carbocycles. The number of nitrogens with zero attached hydrogens (tertiary/aromatic N) is 1. The molecule has 1 aliphatic heterocycles. The van der Waals surface area contributed by atoms with Gasteiger partial charge in [0.15, 0.2) is 5.76 Å². The molecule has 27 heavy (non-hydrogen) atoms. The molecule has 1 atom stereocenters. The predicted octanol–water partition coefficient (Wildman–Crippen LogP) is 2.17. The number of aryl methyl sites for hydroxylation is 1. The van der Waals surface area contributed by atoms with Crippen LogP contribution in [0.15, 0.2) is 53.1 Å². The van der Waals surface area contributed by atoms with Crippen LogP contribution in [0.3, 0.4) is 0 Å². The van der Waals surface area contributed by atoms with Gasteiger partial charge < -0.3 is 14.9 Å². The zero-order chi connectivity index (χ0) is 19.6. The molecule has 0 fully saturated rings. The van der Waals surface area contributed by atoms with Crippen LogP contribution in [-0.2, 0) is 4.79 Å². The van der Waals surface area contributed by atoms with Crippen molar-refractivity contribution in [3.8, 4) is 0 Å². The lowest BCUT2D eigenvalue weighted by atomic mass is 9.95. The van der Waals surface area contributed by atoms with E-state index in [2.05, 4.69) is 14.1 Å². The van der Waals surface area contributed by atoms with Crippen LogP contribution in [0.4, 0.5) is 0 Å². The van der Waals surface area contributed by atoms with Crippen LogP contribution in [0, 0.1) is 6.92 Å². The number of aliphatic hydroxyl groups excluding tert-OH is 1. The van der Waals surface area contributed by atoms with Crippen molar-refractivity contribution >= 4 is 23.0 Å². The molecule has 0 bridgehead atoms. The number of nitrogens with one attached hydrogen (secondary N) is 1. The molecule has 2 aromatic rings. The quantitative estimate of drug-likeness (QED) is 0.718. The Labute approximate surface area is 163 Å². The van der Waals surface area contributed by atoms with E-state index in [1.165, 1.54) is 16.2 Å². The van der Waals surface area contributed by atoms with Gasteiger partial charge >= 0.3 is 0 Å². The highest BCUT2D eigenvalue weighted by atomic mass is 32.1. The maximum atomic E-state index is 13.1. The Morgan fingerprint density at radius 2 is 1.93 bits per heavy atom. The number of ketones is 1. The largest absolute Gasteiger partial charge is 0.503 e. The third-order valence-corrected chi connectivity index (χ3v) is 5.63. The number of carbonyl (C=O) groups is 2. The minimum Gasteiger partial charge on any atom is -0.503 e. The van der Waals surface area contributed by atoms with Gasteiger partial charge in [0.1, 0.15) is 0 Å². The molecular weight excluding hydrogens is 360 g/mol. The van der Waals surface area contributed by atoms with Gasteiger partial charge in [-0.1, -0.05) is 35.9 Å². The van der Waals surface area contributed by atoms with E-state index in [-0.39, 0.29) is 11.4 Å². The first kappa shape index (κ1) is 19.3. The van der Waals surface area contributed by atoms with Gasteiger partial charge in [-0.2, -0.15) is 0 Å². The average Bonchev–Trinajstić information content (AvgIpc) is 3.25.